The van der Waals surface area contributed by atoms with Gasteiger partial charge in [0, 0.05) is 34.1 Å². The second-order valence-corrected chi connectivity index (χ2v) is 26.9. The highest BCUT2D eigenvalue weighted by Gasteiger charge is 2.50. The minimum atomic E-state index is -0.101. The molecule has 5 aliphatic rings. The van der Waals surface area contributed by atoms with Gasteiger partial charge in [-0.2, -0.15) is 0 Å². The lowest BCUT2D eigenvalue weighted by atomic mass is 9.33. The fourth-order valence-corrected chi connectivity index (χ4v) is 14.5. The van der Waals surface area contributed by atoms with E-state index >= 15 is 0 Å². The van der Waals surface area contributed by atoms with Crippen LogP contribution in [0.5, 0.6) is 0 Å². The van der Waals surface area contributed by atoms with E-state index in [1.54, 1.807) is 0 Å². The molecule has 0 spiro atoms. The van der Waals surface area contributed by atoms with Crippen LogP contribution in [0.3, 0.4) is 0 Å². The van der Waals surface area contributed by atoms with Gasteiger partial charge in [-0.1, -0.05) is 165 Å². The molecule has 0 amide bonds. The first-order valence-electron chi connectivity index (χ1n) is 25.6. The van der Waals surface area contributed by atoms with E-state index in [2.05, 4.69) is 225 Å². The molecule has 3 aliphatic carbocycles. The van der Waals surface area contributed by atoms with E-state index in [0.717, 1.165) is 12.8 Å². The van der Waals surface area contributed by atoms with Crippen molar-refractivity contribution in [2.45, 2.75) is 181 Å². The number of fused-ring (bicyclic) bond motifs is 7. The van der Waals surface area contributed by atoms with Crippen LogP contribution in [-0.2, 0) is 37.9 Å². The number of hydrogen-bond donors (Lipinski definition) is 0. The standard InChI is InChI=1S/C64H75BN2/c1-38-27-43-46(60(8,9)26-25-59(43,6)7)33-53(38)67-54-35-48-45(62(12,13)37-64(48,16)17)32-50(54)65-49-29-41(40-21-19-18-20-22-40)23-24-51(49)66(55-30-42(58(3,4)5)31-56(67)57(55)65)52-34-47-44(28-39(52)2)61(10,11)36-63(47,14)15/h18-24,27-35H,25-26,36-37H2,1-17H3. The molecular weight excluding hydrogens is 808 g/mol. The van der Waals surface area contributed by atoms with Gasteiger partial charge in [0.25, 0.3) is 6.71 Å². The van der Waals surface area contributed by atoms with Gasteiger partial charge in [0.15, 0.2) is 0 Å². The van der Waals surface area contributed by atoms with E-state index in [9.17, 15) is 0 Å². The summed E-state index contributed by atoms with van der Waals surface area (Å²) < 4.78 is 0. The Kier molecular flexibility index (Phi) is 9.18. The summed E-state index contributed by atoms with van der Waals surface area (Å²) in [7, 11) is 0. The molecule has 2 nitrogen and oxygen atoms in total. The lowest BCUT2D eigenvalue weighted by Gasteiger charge is -2.47. The number of aryl methyl sites for hydroxylation is 2. The largest absolute Gasteiger partial charge is 0.311 e. The van der Waals surface area contributed by atoms with Gasteiger partial charge in [0.1, 0.15) is 0 Å². The van der Waals surface area contributed by atoms with Gasteiger partial charge in [0.05, 0.1) is 0 Å². The van der Waals surface area contributed by atoms with Crippen molar-refractivity contribution in [1.29, 1.82) is 0 Å². The average molecular weight is 883 g/mol. The number of nitrogens with zero attached hydrogens (tertiary/aromatic N) is 2. The van der Waals surface area contributed by atoms with Gasteiger partial charge < -0.3 is 9.80 Å². The van der Waals surface area contributed by atoms with Crippen molar-refractivity contribution in [3.05, 3.63) is 147 Å². The molecule has 2 heterocycles. The molecular formula is C64H75BN2. The van der Waals surface area contributed by atoms with Gasteiger partial charge in [-0.25, -0.2) is 0 Å². The second kappa shape index (κ2) is 13.8. The van der Waals surface area contributed by atoms with Crippen LogP contribution in [0.25, 0.3) is 11.1 Å². The van der Waals surface area contributed by atoms with E-state index in [4.69, 9.17) is 0 Å². The highest BCUT2D eigenvalue weighted by molar-refractivity contribution is 7.00. The molecule has 3 heteroatoms. The molecule has 0 saturated heterocycles. The number of rotatable bonds is 3. The summed E-state index contributed by atoms with van der Waals surface area (Å²) in [5.41, 5.74) is 28.1. The van der Waals surface area contributed by atoms with Crippen molar-refractivity contribution >= 4 is 57.2 Å². The summed E-state index contributed by atoms with van der Waals surface area (Å²) in [6.07, 6.45) is 4.66. The summed E-state index contributed by atoms with van der Waals surface area (Å²) >= 11 is 0. The second-order valence-electron chi connectivity index (χ2n) is 26.9. The van der Waals surface area contributed by atoms with Crippen molar-refractivity contribution in [3.8, 4) is 11.1 Å². The third-order valence-corrected chi connectivity index (χ3v) is 17.8. The molecule has 2 aliphatic heterocycles. The summed E-state index contributed by atoms with van der Waals surface area (Å²) in [6.45, 7) is 41.7. The monoisotopic (exact) mass is 883 g/mol. The van der Waals surface area contributed by atoms with Crippen molar-refractivity contribution in [2.75, 3.05) is 9.80 Å². The smallest absolute Gasteiger partial charge is 0.252 e. The molecule has 6 aromatic carbocycles. The lowest BCUT2D eigenvalue weighted by molar-refractivity contribution is 0.332. The molecule has 0 bridgehead atoms. The molecule has 67 heavy (non-hydrogen) atoms. The average Bonchev–Trinajstić information content (AvgIpc) is 3.54. The zero-order valence-corrected chi connectivity index (χ0v) is 44.0. The maximum Gasteiger partial charge on any atom is 0.252 e. The third kappa shape index (κ3) is 6.48. The van der Waals surface area contributed by atoms with Gasteiger partial charge in [-0.15, -0.1) is 0 Å². The van der Waals surface area contributed by atoms with Gasteiger partial charge in [-0.3, -0.25) is 0 Å². The maximum atomic E-state index is 2.76. The topological polar surface area (TPSA) is 6.48 Å². The molecule has 0 aromatic heterocycles. The molecule has 0 N–H and O–H groups in total. The third-order valence-electron chi connectivity index (χ3n) is 17.8. The molecule has 6 aromatic rings. The minimum Gasteiger partial charge on any atom is -0.311 e. The first-order valence-corrected chi connectivity index (χ1v) is 25.6. The van der Waals surface area contributed by atoms with Crippen LogP contribution in [0.15, 0.2) is 97.1 Å². The van der Waals surface area contributed by atoms with Crippen molar-refractivity contribution < 1.29 is 0 Å². The Hall–Kier alpha value is -5.02. The Bertz CT molecular complexity index is 3090. The van der Waals surface area contributed by atoms with Gasteiger partial charge >= 0.3 is 0 Å². The van der Waals surface area contributed by atoms with E-state index in [0.29, 0.717) is 0 Å². The molecule has 344 valence electrons. The Morgan fingerprint density at radius 2 is 0.821 bits per heavy atom. The quantitative estimate of drug-likeness (QED) is 0.163. The Morgan fingerprint density at radius 1 is 0.403 bits per heavy atom. The Balaban J connectivity index is 1.30. The summed E-state index contributed by atoms with van der Waals surface area (Å²) in [5.74, 6) is 0. The maximum absolute atomic E-state index is 2.76. The lowest BCUT2D eigenvalue weighted by Crippen LogP contribution is -2.61. The fourth-order valence-electron chi connectivity index (χ4n) is 14.5. The predicted molar refractivity (Wildman–Crippen MR) is 291 cm³/mol. The van der Waals surface area contributed by atoms with Crippen molar-refractivity contribution in [2.24, 2.45) is 0 Å². The SMILES string of the molecule is Cc1cc2c(cc1N1c3cc4c(cc3B3c5cc(-c6ccccc6)ccc5N(c5cc6c(cc5C)C(C)(C)CC6(C)C)c5cc(C(C)(C)C)cc1c53)C(C)(C)CC4(C)C)C(C)(C)CCC2(C)C. The molecule has 0 saturated carbocycles. The van der Waals surface area contributed by atoms with Gasteiger partial charge in [-0.05, 0) is 191 Å². The van der Waals surface area contributed by atoms with Gasteiger partial charge in [0.2, 0.25) is 0 Å². The summed E-state index contributed by atoms with van der Waals surface area (Å²) in [4.78, 5) is 5.47. The van der Waals surface area contributed by atoms with Crippen LogP contribution in [-0.4, -0.2) is 6.71 Å². The molecule has 11 rings (SSSR count). The summed E-state index contributed by atoms with van der Waals surface area (Å²) in [6, 6.07) is 39.4. The molecule has 0 fully saturated rings. The van der Waals surface area contributed by atoms with Crippen LogP contribution < -0.4 is 26.2 Å². The zero-order valence-electron chi connectivity index (χ0n) is 44.0. The van der Waals surface area contributed by atoms with E-state index in [-0.39, 0.29) is 44.6 Å². The number of benzene rings is 6. The molecule has 0 unspecified atom stereocenters. The van der Waals surface area contributed by atoms with Crippen LogP contribution in [0, 0.1) is 13.8 Å². The zero-order chi connectivity index (χ0) is 47.9. The fraction of sp³-hybridized carbons (Fsp3) is 0.438. The Morgan fingerprint density at radius 3 is 1.33 bits per heavy atom. The first-order chi connectivity index (χ1) is 31.1. The highest BCUT2D eigenvalue weighted by atomic mass is 15.2. The van der Waals surface area contributed by atoms with Crippen LogP contribution in [0.1, 0.15) is 180 Å². The van der Waals surface area contributed by atoms with Crippen molar-refractivity contribution in [3.63, 3.8) is 0 Å². The predicted octanol–water partition coefficient (Wildman–Crippen LogP) is 15.6. The van der Waals surface area contributed by atoms with Crippen LogP contribution in [0.4, 0.5) is 34.1 Å². The number of hydrogen-bond acceptors (Lipinski definition) is 2. The summed E-state index contributed by atoms with van der Waals surface area (Å²) in [5, 5.41) is 0. The number of anilines is 6. The molecule has 0 atom stereocenters. The van der Waals surface area contributed by atoms with Crippen LogP contribution >= 0.6 is 0 Å². The van der Waals surface area contributed by atoms with E-state index in [1.165, 1.54) is 125 Å². The first kappa shape index (κ1) is 44.5. The van der Waals surface area contributed by atoms with E-state index < -0.39 is 0 Å². The Labute approximate surface area is 404 Å². The molecule has 0 radical (unpaired) electrons. The van der Waals surface area contributed by atoms with E-state index in [1.807, 2.05) is 0 Å². The highest BCUT2D eigenvalue weighted by Crippen LogP contribution is 2.57. The van der Waals surface area contributed by atoms with Crippen LogP contribution in [0.2, 0.25) is 0 Å². The van der Waals surface area contributed by atoms with Crippen molar-refractivity contribution in [1.82, 2.24) is 0 Å². The minimum absolute atomic E-state index is 0.0309. The normalized spacial score (nSPS) is 20.4.